The standard InChI is InChI=1S/C20H12BrFN6O2/c21-13-3-7-15(8-4-13)28-19-16(9-24-28)20(29)27(11-23-19)10-17-25-18(26-30-17)12-1-5-14(22)6-2-12/h1-9,11H,10H2. The first-order chi connectivity index (χ1) is 14.6. The van der Waals surface area contributed by atoms with Gasteiger partial charge in [-0.2, -0.15) is 10.1 Å². The summed E-state index contributed by atoms with van der Waals surface area (Å²) in [5.74, 6) is 0.199. The van der Waals surface area contributed by atoms with Gasteiger partial charge in [0.25, 0.3) is 5.56 Å². The maximum Gasteiger partial charge on any atom is 0.264 e. The maximum absolute atomic E-state index is 13.1. The van der Waals surface area contributed by atoms with E-state index in [2.05, 4.69) is 36.2 Å². The molecule has 3 aromatic heterocycles. The number of halogens is 2. The number of nitrogens with zero attached hydrogens (tertiary/aromatic N) is 6. The molecule has 0 saturated carbocycles. The Morgan fingerprint density at radius 2 is 1.83 bits per heavy atom. The van der Waals surface area contributed by atoms with Crippen molar-refractivity contribution < 1.29 is 8.91 Å². The van der Waals surface area contributed by atoms with Crippen LogP contribution < -0.4 is 5.56 Å². The molecular weight excluding hydrogens is 455 g/mol. The van der Waals surface area contributed by atoms with Gasteiger partial charge in [0, 0.05) is 10.0 Å². The Hall–Kier alpha value is -3.66. The molecule has 2 aromatic carbocycles. The van der Waals surface area contributed by atoms with Gasteiger partial charge in [-0.15, -0.1) is 0 Å². The van der Waals surface area contributed by atoms with E-state index in [1.807, 2.05) is 24.3 Å². The zero-order chi connectivity index (χ0) is 20.7. The molecule has 5 rings (SSSR count). The molecule has 0 aliphatic rings. The van der Waals surface area contributed by atoms with E-state index < -0.39 is 0 Å². The first kappa shape index (κ1) is 18.4. The summed E-state index contributed by atoms with van der Waals surface area (Å²) in [6.07, 6.45) is 2.91. The van der Waals surface area contributed by atoms with E-state index in [9.17, 15) is 9.18 Å². The molecule has 3 heterocycles. The Morgan fingerprint density at radius 1 is 1.07 bits per heavy atom. The molecule has 0 unspecified atom stereocenters. The molecule has 0 atom stereocenters. The molecule has 0 fully saturated rings. The number of hydrogen-bond donors (Lipinski definition) is 0. The largest absolute Gasteiger partial charge is 0.337 e. The average molecular weight is 467 g/mol. The van der Waals surface area contributed by atoms with Gasteiger partial charge in [0.05, 0.1) is 11.9 Å². The molecule has 0 N–H and O–H groups in total. The van der Waals surface area contributed by atoms with E-state index in [4.69, 9.17) is 4.52 Å². The molecule has 30 heavy (non-hydrogen) atoms. The summed E-state index contributed by atoms with van der Waals surface area (Å²) in [6, 6.07) is 13.3. The summed E-state index contributed by atoms with van der Waals surface area (Å²) in [5.41, 5.74) is 1.59. The third-order valence-electron chi connectivity index (χ3n) is 4.50. The lowest BCUT2D eigenvalue weighted by Crippen LogP contribution is -2.21. The molecule has 0 radical (unpaired) electrons. The SMILES string of the molecule is O=c1c2cnn(-c3ccc(Br)cc3)c2ncn1Cc1nc(-c2ccc(F)cc2)no1. The van der Waals surface area contributed by atoms with Gasteiger partial charge in [0.2, 0.25) is 11.7 Å². The first-order valence-electron chi connectivity index (χ1n) is 8.86. The zero-order valence-corrected chi connectivity index (χ0v) is 16.8. The smallest absolute Gasteiger partial charge is 0.264 e. The number of rotatable bonds is 4. The average Bonchev–Trinajstić information content (AvgIpc) is 3.39. The minimum absolute atomic E-state index is 0.0550. The number of fused-ring (bicyclic) bond motifs is 1. The molecule has 148 valence electrons. The van der Waals surface area contributed by atoms with Crippen LogP contribution in [0.1, 0.15) is 5.89 Å². The molecule has 0 bridgehead atoms. The first-order valence-corrected chi connectivity index (χ1v) is 9.65. The van der Waals surface area contributed by atoms with Crippen LogP contribution in [0.3, 0.4) is 0 Å². The van der Waals surface area contributed by atoms with Crippen molar-refractivity contribution in [2.24, 2.45) is 0 Å². The highest BCUT2D eigenvalue weighted by atomic mass is 79.9. The van der Waals surface area contributed by atoms with Crippen molar-refractivity contribution in [3.05, 3.63) is 87.6 Å². The molecule has 0 aliphatic carbocycles. The van der Waals surface area contributed by atoms with E-state index in [0.717, 1.165) is 10.2 Å². The van der Waals surface area contributed by atoms with E-state index in [1.165, 1.54) is 29.2 Å². The molecule has 10 heteroatoms. The quantitative estimate of drug-likeness (QED) is 0.401. The van der Waals surface area contributed by atoms with Gasteiger partial charge in [0.1, 0.15) is 24.1 Å². The van der Waals surface area contributed by atoms with Gasteiger partial charge in [-0.05, 0) is 48.5 Å². The van der Waals surface area contributed by atoms with Crippen LogP contribution in [0.25, 0.3) is 28.1 Å². The molecule has 0 aliphatic heterocycles. The second-order valence-electron chi connectivity index (χ2n) is 6.47. The highest BCUT2D eigenvalue weighted by Gasteiger charge is 2.14. The summed E-state index contributed by atoms with van der Waals surface area (Å²) in [6.45, 7) is 0.0550. The van der Waals surface area contributed by atoms with E-state index in [0.29, 0.717) is 22.4 Å². The lowest BCUT2D eigenvalue weighted by Gasteiger charge is -2.04. The zero-order valence-electron chi connectivity index (χ0n) is 15.2. The minimum atomic E-state index is -0.350. The van der Waals surface area contributed by atoms with Gasteiger partial charge in [0.15, 0.2) is 5.65 Å². The maximum atomic E-state index is 13.1. The second-order valence-corrected chi connectivity index (χ2v) is 7.38. The van der Waals surface area contributed by atoms with Gasteiger partial charge in [-0.3, -0.25) is 9.36 Å². The van der Waals surface area contributed by atoms with Crippen LogP contribution in [0.15, 0.2) is 74.8 Å². The topological polar surface area (TPSA) is 91.6 Å². The van der Waals surface area contributed by atoms with Crippen molar-refractivity contribution in [3.8, 4) is 17.1 Å². The predicted octanol–water partition coefficient (Wildman–Crippen LogP) is 3.58. The fraction of sp³-hybridized carbons (Fsp3) is 0.0500. The lowest BCUT2D eigenvalue weighted by atomic mass is 10.2. The van der Waals surface area contributed by atoms with E-state index >= 15 is 0 Å². The van der Waals surface area contributed by atoms with Crippen LogP contribution in [-0.2, 0) is 6.54 Å². The van der Waals surface area contributed by atoms with E-state index in [1.54, 1.807) is 16.8 Å². The molecule has 0 spiro atoms. The summed E-state index contributed by atoms with van der Waals surface area (Å²) < 4.78 is 22.2. The van der Waals surface area contributed by atoms with Gasteiger partial charge in [-0.1, -0.05) is 21.1 Å². The highest BCUT2D eigenvalue weighted by Crippen LogP contribution is 2.18. The summed E-state index contributed by atoms with van der Waals surface area (Å²) in [4.78, 5) is 21.5. The van der Waals surface area contributed by atoms with Crippen molar-refractivity contribution in [2.75, 3.05) is 0 Å². The lowest BCUT2D eigenvalue weighted by molar-refractivity contribution is 0.369. The van der Waals surface area contributed by atoms with Crippen LogP contribution in [0.4, 0.5) is 4.39 Å². The second kappa shape index (κ2) is 7.30. The van der Waals surface area contributed by atoms with Gasteiger partial charge < -0.3 is 4.52 Å². The van der Waals surface area contributed by atoms with Gasteiger partial charge in [-0.25, -0.2) is 14.1 Å². The highest BCUT2D eigenvalue weighted by molar-refractivity contribution is 9.10. The van der Waals surface area contributed by atoms with Crippen LogP contribution in [0.5, 0.6) is 0 Å². The fourth-order valence-corrected chi connectivity index (χ4v) is 3.28. The minimum Gasteiger partial charge on any atom is -0.337 e. The van der Waals surface area contributed by atoms with Crippen LogP contribution in [0, 0.1) is 5.82 Å². The fourth-order valence-electron chi connectivity index (χ4n) is 3.01. The van der Waals surface area contributed by atoms with E-state index in [-0.39, 0.29) is 23.8 Å². The normalized spacial score (nSPS) is 11.3. The molecular formula is C20H12BrFN6O2. The van der Waals surface area contributed by atoms with Crippen LogP contribution in [0.2, 0.25) is 0 Å². The Kier molecular flexibility index (Phi) is 4.47. The third kappa shape index (κ3) is 3.30. The number of aromatic nitrogens is 6. The van der Waals surface area contributed by atoms with Crippen molar-refractivity contribution >= 4 is 27.0 Å². The van der Waals surface area contributed by atoms with Gasteiger partial charge >= 0.3 is 0 Å². The van der Waals surface area contributed by atoms with Crippen molar-refractivity contribution in [3.63, 3.8) is 0 Å². The number of benzene rings is 2. The van der Waals surface area contributed by atoms with Crippen molar-refractivity contribution in [1.29, 1.82) is 0 Å². The summed E-state index contributed by atoms with van der Waals surface area (Å²) in [5, 5.41) is 8.56. The summed E-state index contributed by atoms with van der Waals surface area (Å²) in [7, 11) is 0. The Labute approximate surface area is 176 Å². The molecule has 5 aromatic rings. The molecule has 0 saturated heterocycles. The monoisotopic (exact) mass is 466 g/mol. The predicted molar refractivity (Wildman–Crippen MR) is 110 cm³/mol. The third-order valence-corrected chi connectivity index (χ3v) is 5.03. The van der Waals surface area contributed by atoms with Crippen molar-refractivity contribution in [1.82, 2.24) is 29.5 Å². The van der Waals surface area contributed by atoms with Crippen LogP contribution >= 0.6 is 15.9 Å². The Morgan fingerprint density at radius 3 is 2.60 bits per heavy atom. The van der Waals surface area contributed by atoms with Crippen LogP contribution in [-0.4, -0.2) is 29.5 Å². The Bertz CT molecular complexity index is 1410. The Balaban J connectivity index is 1.46. The molecule has 8 nitrogen and oxygen atoms in total. The van der Waals surface area contributed by atoms with Crippen molar-refractivity contribution in [2.45, 2.75) is 6.54 Å². The number of hydrogen-bond acceptors (Lipinski definition) is 6. The summed E-state index contributed by atoms with van der Waals surface area (Å²) >= 11 is 3.40. The molecule has 0 amide bonds.